The van der Waals surface area contributed by atoms with E-state index in [1.54, 1.807) is 18.2 Å². The lowest BCUT2D eigenvalue weighted by Gasteiger charge is -2.13. The lowest BCUT2D eigenvalue weighted by atomic mass is 9.95. The first-order chi connectivity index (χ1) is 13.8. The van der Waals surface area contributed by atoms with Gasteiger partial charge < -0.3 is 25.6 Å². The summed E-state index contributed by atoms with van der Waals surface area (Å²) in [6.45, 7) is 6.02. The van der Waals surface area contributed by atoms with Crippen molar-refractivity contribution in [3.63, 3.8) is 0 Å². The number of aromatic hydroxyl groups is 3. The Hall–Kier alpha value is -3.61. The van der Waals surface area contributed by atoms with Crippen LogP contribution in [-0.4, -0.2) is 30.1 Å². The predicted molar refractivity (Wildman–Crippen MR) is 114 cm³/mol. The van der Waals surface area contributed by atoms with Gasteiger partial charge in [0.2, 0.25) is 0 Å². The van der Waals surface area contributed by atoms with E-state index >= 15 is 0 Å². The molecule has 0 radical (unpaired) electrons. The molecule has 2 heterocycles. The number of fused-ring (bicyclic) bond motifs is 1. The second-order valence-electron chi connectivity index (χ2n) is 7.42. The molecule has 0 amide bonds. The third-order valence-electron chi connectivity index (χ3n) is 5.32. The molecule has 0 spiro atoms. The van der Waals surface area contributed by atoms with Gasteiger partial charge in [-0.3, -0.25) is 5.10 Å². The summed E-state index contributed by atoms with van der Waals surface area (Å²) in [5, 5.41) is 38.9. The minimum atomic E-state index is -0.0700. The SMILES string of the molecule is CCc1cc(-c2[nH]nc(N)c2-c2ccc(O)c3c2ccn3C(C)C)c(O)cc1O. The highest BCUT2D eigenvalue weighted by atomic mass is 16.3. The highest BCUT2D eigenvalue weighted by Crippen LogP contribution is 2.44. The van der Waals surface area contributed by atoms with Crippen LogP contribution in [0.15, 0.2) is 36.5 Å². The fourth-order valence-electron chi connectivity index (χ4n) is 3.84. The summed E-state index contributed by atoms with van der Waals surface area (Å²) in [7, 11) is 0. The molecule has 4 rings (SSSR count). The van der Waals surface area contributed by atoms with Crippen LogP contribution in [0.1, 0.15) is 32.4 Å². The van der Waals surface area contributed by atoms with Crippen LogP contribution in [-0.2, 0) is 6.42 Å². The number of nitrogens with one attached hydrogen (secondary N) is 1. The zero-order valence-electron chi connectivity index (χ0n) is 16.6. The molecule has 2 aromatic carbocycles. The number of hydrogen-bond acceptors (Lipinski definition) is 5. The first kappa shape index (κ1) is 18.7. The highest BCUT2D eigenvalue weighted by molar-refractivity contribution is 6.04. The Balaban J connectivity index is 2.01. The quantitative estimate of drug-likeness (QED) is 0.349. The van der Waals surface area contributed by atoms with Crippen molar-refractivity contribution >= 4 is 16.7 Å². The number of aromatic nitrogens is 3. The Morgan fingerprint density at radius 3 is 2.48 bits per heavy atom. The minimum Gasteiger partial charge on any atom is -0.508 e. The number of aromatic amines is 1. The third kappa shape index (κ3) is 2.86. The number of rotatable bonds is 4. The molecule has 0 saturated carbocycles. The minimum absolute atomic E-state index is 0.0452. The molecule has 0 saturated heterocycles. The number of H-pyrrole nitrogens is 1. The summed E-state index contributed by atoms with van der Waals surface area (Å²) in [4.78, 5) is 0. The fraction of sp³-hybridized carbons (Fsp3) is 0.227. The van der Waals surface area contributed by atoms with E-state index in [0.29, 0.717) is 34.3 Å². The van der Waals surface area contributed by atoms with Crippen molar-refractivity contribution in [1.82, 2.24) is 14.8 Å². The number of nitrogens with two attached hydrogens (primary N) is 1. The van der Waals surface area contributed by atoms with Crippen LogP contribution in [0.4, 0.5) is 5.82 Å². The van der Waals surface area contributed by atoms with Gasteiger partial charge in [-0.1, -0.05) is 6.92 Å². The number of anilines is 1. The Bertz CT molecular complexity index is 1220. The van der Waals surface area contributed by atoms with Gasteiger partial charge in [0.25, 0.3) is 0 Å². The van der Waals surface area contributed by atoms with E-state index in [1.165, 1.54) is 6.07 Å². The normalized spacial score (nSPS) is 11.6. The molecule has 0 fully saturated rings. The second-order valence-corrected chi connectivity index (χ2v) is 7.42. The molecule has 0 unspecified atom stereocenters. The van der Waals surface area contributed by atoms with Crippen LogP contribution >= 0.6 is 0 Å². The molecule has 7 nitrogen and oxygen atoms in total. The van der Waals surface area contributed by atoms with Crippen LogP contribution in [0.5, 0.6) is 17.2 Å². The van der Waals surface area contributed by atoms with Gasteiger partial charge in [-0.2, -0.15) is 5.10 Å². The van der Waals surface area contributed by atoms with E-state index in [-0.39, 0.29) is 29.1 Å². The maximum atomic E-state index is 10.5. The Morgan fingerprint density at radius 2 is 1.79 bits per heavy atom. The van der Waals surface area contributed by atoms with E-state index in [2.05, 4.69) is 10.2 Å². The fourth-order valence-corrected chi connectivity index (χ4v) is 3.84. The van der Waals surface area contributed by atoms with Gasteiger partial charge in [-0.15, -0.1) is 0 Å². The number of aryl methyl sites for hydroxylation is 1. The summed E-state index contributed by atoms with van der Waals surface area (Å²) < 4.78 is 2.00. The molecule has 4 aromatic rings. The summed E-state index contributed by atoms with van der Waals surface area (Å²) in [5.41, 5.74) is 10.1. The van der Waals surface area contributed by atoms with Crippen molar-refractivity contribution in [3.05, 3.63) is 42.1 Å². The van der Waals surface area contributed by atoms with Gasteiger partial charge >= 0.3 is 0 Å². The van der Waals surface area contributed by atoms with E-state index in [4.69, 9.17) is 5.73 Å². The molecule has 0 atom stereocenters. The standard InChI is InChI=1S/C22H24N4O3/c1-4-12-9-15(18(29)10-17(12)28)20-19(22(23)25-24-20)13-5-6-16(27)21-14(13)7-8-26(21)11(2)3/h5-11,27-29H,4H2,1-3H3,(H3,23,24,25). The van der Waals surface area contributed by atoms with Gasteiger partial charge in [-0.25, -0.2) is 0 Å². The van der Waals surface area contributed by atoms with Crippen LogP contribution in [0, 0.1) is 0 Å². The maximum Gasteiger partial charge on any atom is 0.153 e. The molecule has 150 valence electrons. The van der Waals surface area contributed by atoms with Gasteiger partial charge in [0, 0.05) is 29.3 Å². The molecular formula is C22H24N4O3. The molecule has 7 heteroatoms. The van der Waals surface area contributed by atoms with Gasteiger partial charge in [0.15, 0.2) is 5.82 Å². The zero-order chi connectivity index (χ0) is 20.9. The Labute approximate surface area is 168 Å². The van der Waals surface area contributed by atoms with Crippen molar-refractivity contribution in [2.45, 2.75) is 33.2 Å². The molecule has 6 N–H and O–H groups in total. The van der Waals surface area contributed by atoms with Gasteiger partial charge in [0.1, 0.15) is 17.2 Å². The molecular weight excluding hydrogens is 368 g/mol. The molecule has 0 aliphatic carbocycles. The van der Waals surface area contributed by atoms with Crippen LogP contribution in [0.3, 0.4) is 0 Å². The first-order valence-corrected chi connectivity index (χ1v) is 9.55. The third-order valence-corrected chi connectivity index (χ3v) is 5.32. The average Bonchev–Trinajstić information content (AvgIpc) is 3.28. The van der Waals surface area contributed by atoms with Crippen molar-refractivity contribution in [3.8, 4) is 39.6 Å². The monoisotopic (exact) mass is 392 g/mol. The average molecular weight is 392 g/mol. The highest BCUT2D eigenvalue weighted by Gasteiger charge is 2.22. The molecule has 0 aliphatic rings. The van der Waals surface area contributed by atoms with Crippen molar-refractivity contribution in [2.24, 2.45) is 0 Å². The van der Waals surface area contributed by atoms with E-state index in [9.17, 15) is 15.3 Å². The summed E-state index contributed by atoms with van der Waals surface area (Å²) in [6.07, 6.45) is 2.54. The number of hydrogen-bond donors (Lipinski definition) is 5. The molecule has 0 bridgehead atoms. The van der Waals surface area contributed by atoms with E-state index < -0.39 is 0 Å². The number of nitrogens with zero attached hydrogens (tertiary/aromatic N) is 2. The summed E-state index contributed by atoms with van der Waals surface area (Å²) in [5.74, 6) is 0.449. The van der Waals surface area contributed by atoms with Crippen LogP contribution < -0.4 is 5.73 Å². The Kier molecular flexibility index (Phi) is 4.38. The number of nitrogen functional groups attached to an aromatic ring is 1. The number of phenols is 3. The van der Waals surface area contributed by atoms with E-state index in [0.717, 1.165) is 10.9 Å². The smallest absolute Gasteiger partial charge is 0.153 e. The molecule has 29 heavy (non-hydrogen) atoms. The topological polar surface area (TPSA) is 120 Å². The number of phenolic OH excluding ortho intramolecular Hbond substituents is 3. The summed E-state index contributed by atoms with van der Waals surface area (Å²) in [6, 6.07) is 8.61. The van der Waals surface area contributed by atoms with Crippen molar-refractivity contribution in [2.75, 3.05) is 5.73 Å². The zero-order valence-corrected chi connectivity index (χ0v) is 16.6. The Morgan fingerprint density at radius 1 is 1.03 bits per heavy atom. The van der Waals surface area contributed by atoms with Crippen LogP contribution in [0.25, 0.3) is 33.3 Å². The molecule has 2 aromatic heterocycles. The molecule has 0 aliphatic heterocycles. The van der Waals surface area contributed by atoms with Crippen molar-refractivity contribution in [1.29, 1.82) is 0 Å². The lowest BCUT2D eigenvalue weighted by Crippen LogP contribution is -1.98. The maximum absolute atomic E-state index is 10.5. The van der Waals surface area contributed by atoms with Crippen LogP contribution in [0.2, 0.25) is 0 Å². The van der Waals surface area contributed by atoms with Gasteiger partial charge in [0.05, 0.1) is 16.8 Å². The first-order valence-electron chi connectivity index (χ1n) is 9.55. The summed E-state index contributed by atoms with van der Waals surface area (Å²) >= 11 is 0. The van der Waals surface area contributed by atoms with E-state index in [1.807, 2.05) is 37.6 Å². The number of benzene rings is 2. The predicted octanol–water partition coefficient (Wildman–Crippen LogP) is 4.54. The lowest BCUT2D eigenvalue weighted by molar-refractivity contribution is 0.447. The second kappa shape index (κ2) is 6.77. The largest absolute Gasteiger partial charge is 0.508 e. The van der Waals surface area contributed by atoms with Crippen molar-refractivity contribution < 1.29 is 15.3 Å². The van der Waals surface area contributed by atoms with Gasteiger partial charge in [-0.05, 0) is 55.7 Å².